The summed E-state index contributed by atoms with van der Waals surface area (Å²) in [6.45, 7) is 5.17. The van der Waals surface area contributed by atoms with Gasteiger partial charge in [0.25, 0.3) is 5.91 Å². The minimum atomic E-state index is -0.941. The molecule has 0 N–H and O–H groups in total. The SMILES string of the molecule is CC(C)(C)OC(=O)N1C(=O)CCCC/C=C\CCCCC(=O)N2C[C@H]1C2=O. The molecule has 0 aliphatic carbocycles. The maximum Gasteiger partial charge on any atom is 0.417 e. The highest BCUT2D eigenvalue weighted by Crippen LogP contribution is 2.23. The molecule has 0 saturated carbocycles. The summed E-state index contributed by atoms with van der Waals surface area (Å²) in [4.78, 5) is 51.9. The molecule has 7 heteroatoms. The van der Waals surface area contributed by atoms with Crippen LogP contribution in [0.15, 0.2) is 12.2 Å². The average molecular weight is 378 g/mol. The zero-order valence-corrected chi connectivity index (χ0v) is 16.5. The number of ether oxygens (including phenoxy) is 1. The van der Waals surface area contributed by atoms with Gasteiger partial charge in [0.15, 0.2) is 0 Å². The first-order valence-electron chi connectivity index (χ1n) is 9.75. The van der Waals surface area contributed by atoms with Gasteiger partial charge in [-0.15, -0.1) is 0 Å². The Hall–Kier alpha value is -2.18. The van der Waals surface area contributed by atoms with E-state index >= 15 is 0 Å². The molecule has 2 bridgehead atoms. The largest absolute Gasteiger partial charge is 0.443 e. The zero-order chi connectivity index (χ0) is 20.0. The van der Waals surface area contributed by atoms with Gasteiger partial charge in [-0.2, -0.15) is 0 Å². The molecule has 1 saturated heterocycles. The third kappa shape index (κ3) is 5.91. The van der Waals surface area contributed by atoms with E-state index in [9.17, 15) is 19.2 Å². The maximum absolute atomic E-state index is 12.6. The molecular formula is C20H30N2O5. The molecule has 1 atom stereocenters. The van der Waals surface area contributed by atoms with Crippen LogP contribution >= 0.6 is 0 Å². The molecule has 4 amide bonds. The Morgan fingerprint density at radius 1 is 0.963 bits per heavy atom. The highest BCUT2D eigenvalue weighted by molar-refractivity contribution is 6.07. The minimum absolute atomic E-state index is 0.0581. The molecule has 3 aliphatic heterocycles. The molecule has 3 aliphatic rings. The topological polar surface area (TPSA) is 84.0 Å². The first-order valence-corrected chi connectivity index (χ1v) is 9.75. The third-order valence-electron chi connectivity index (χ3n) is 4.57. The molecule has 27 heavy (non-hydrogen) atoms. The zero-order valence-electron chi connectivity index (χ0n) is 16.5. The van der Waals surface area contributed by atoms with Gasteiger partial charge in [0.2, 0.25) is 11.8 Å². The first-order chi connectivity index (χ1) is 12.7. The van der Waals surface area contributed by atoms with Crippen molar-refractivity contribution in [1.82, 2.24) is 9.80 Å². The van der Waals surface area contributed by atoms with Gasteiger partial charge in [-0.3, -0.25) is 19.3 Å². The smallest absolute Gasteiger partial charge is 0.417 e. The van der Waals surface area contributed by atoms with E-state index in [1.54, 1.807) is 20.8 Å². The van der Waals surface area contributed by atoms with Gasteiger partial charge in [0.1, 0.15) is 11.6 Å². The van der Waals surface area contributed by atoms with E-state index < -0.39 is 29.6 Å². The Labute approximate surface area is 160 Å². The number of amides is 4. The summed E-state index contributed by atoms with van der Waals surface area (Å²) in [6.07, 6.45) is 8.70. The number of allylic oxidation sites excluding steroid dienone is 2. The van der Waals surface area contributed by atoms with E-state index in [1.807, 2.05) is 0 Å². The fourth-order valence-corrected chi connectivity index (χ4v) is 3.11. The number of hydrogen-bond acceptors (Lipinski definition) is 5. The Kier molecular flexibility index (Phi) is 7.16. The molecule has 0 radical (unpaired) electrons. The quantitative estimate of drug-likeness (QED) is 0.367. The van der Waals surface area contributed by atoms with Crippen molar-refractivity contribution < 1.29 is 23.9 Å². The van der Waals surface area contributed by atoms with Crippen molar-refractivity contribution in [3.05, 3.63) is 12.2 Å². The molecule has 0 aromatic carbocycles. The predicted octanol–water partition coefficient (Wildman–Crippen LogP) is 3.18. The van der Waals surface area contributed by atoms with Crippen LogP contribution in [-0.4, -0.2) is 51.8 Å². The van der Waals surface area contributed by atoms with E-state index in [4.69, 9.17) is 4.74 Å². The van der Waals surface area contributed by atoms with Crippen LogP contribution in [0, 0.1) is 0 Å². The summed E-state index contributed by atoms with van der Waals surface area (Å²) in [6, 6.07) is -0.941. The summed E-state index contributed by atoms with van der Waals surface area (Å²) in [7, 11) is 0. The molecule has 1 fully saturated rings. The fourth-order valence-electron chi connectivity index (χ4n) is 3.11. The fraction of sp³-hybridized carbons (Fsp3) is 0.700. The lowest BCUT2D eigenvalue weighted by Crippen LogP contribution is -2.67. The lowest BCUT2D eigenvalue weighted by molar-refractivity contribution is -0.164. The van der Waals surface area contributed by atoms with Crippen molar-refractivity contribution in [1.29, 1.82) is 0 Å². The van der Waals surface area contributed by atoms with Crippen molar-refractivity contribution in [3.8, 4) is 0 Å². The van der Waals surface area contributed by atoms with E-state index in [0.717, 1.165) is 35.5 Å². The molecule has 7 nitrogen and oxygen atoms in total. The van der Waals surface area contributed by atoms with E-state index in [-0.39, 0.29) is 18.9 Å². The number of carbonyl (C=O) groups is 4. The van der Waals surface area contributed by atoms with Crippen LogP contribution in [0.2, 0.25) is 0 Å². The number of carbonyl (C=O) groups excluding carboxylic acids is 4. The van der Waals surface area contributed by atoms with Gasteiger partial charge in [-0.25, -0.2) is 9.69 Å². The lowest BCUT2D eigenvalue weighted by Gasteiger charge is -2.42. The number of β-lactam (4-membered cyclic amide) rings is 1. The van der Waals surface area contributed by atoms with Gasteiger partial charge in [-0.1, -0.05) is 12.2 Å². The van der Waals surface area contributed by atoms with E-state index in [2.05, 4.69) is 12.2 Å². The lowest BCUT2D eigenvalue weighted by atomic mass is 10.0. The highest BCUT2D eigenvalue weighted by atomic mass is 16.6. The van der Waals surface area contributed by atoms with Crippen molar-refractivity contribution in [2.24, 2.45) is 0 Å². The summed E-state index contributed by atoms with van der Waals surface area (Å²) >= 11 is 0. The second-order valence-corrected chi connectivity index (χ2v) is 8.07. The molecule has 0 aromatic heterocycles. The van der Waals surface area contributed by atoms with Crippen molar-refractivity contribution in [2.45, 2.75) is 83.8 Å². The average Bonchev–Trinajstić information content (AvgIpc) is 2.56. The van der Waals surface area contributed by atoms with Crippen LogP contribution in [0.3, 0.4) is 0 Å². The molecule has 0 unspecified atom stereocenters. The normalized spacial score (nSPS) is 24.4. The molecule has 3 rings (SSSR count). The van der Waals surface area contributed by atoms with Crippen LogP contribution in [0.25, 0.3) is 0 Å². The molecule has 3 heterocycles. The van der Waals surface area contributed by atoms with Crippen molar-refractivity contribution in [2.75, 3.05) is 6.54 Å². The summed E-state index contributed by atoms with van der Waals surface area (Å²) in [5.74, 6) is -1.17. The van der Waals surface area contributed by atoms with Gasteiger partial charge < -0.3 is 4.74 Å². The molecule has 0 spiro atoms. The Balaban J connectivity index is 2.15. The molecular weight excluding hydrogens is 348 g/mol. The number of rotatable bonds is 0. The Bertz CT molecular complexity index is 620. The van der Waals surface area contributed by atoms with Crippen LogP contribution in [-0.2, 0) is 19.1 Å². The summed E-state index contributed by atoms with van der Waals surface area (Å²) in [5, 5.41) is 0. The first kappa shape index (κ1) is 21.1. The van der Waals surface area contributed by atoms with E-state index in [0.29, 0.717) is 19.3 Å². The predicted molar refractivity (Wildman–Crippen MR) is 99.7 cm³/mol. The summed E-state index contributed by atoms with van der Waals surface area (Å²) < 4.78 is 5.32. The van der Waals surface area contributed by atoms with Gasteiger partial charge in [-0.05, 0) is 59.3 Å². The van der Waals surface area contributed by atoms with Gasteiger partial charge in [0, 0.05) is 12.8 Å². The number of fused-ring (bicyclic) bond motifs is 11. The second kappa shape index (κ2) is 9.15. The van der Waals surface area contributed by atoms with Gasteiger partial charge in [0.05, 0.1) is 6.54 Å². The van der Waals surface area contributed by atoms with E-state index in [1.165, 1.54) is 0 Å². The number of imide groups is 2. The molecule has 150 valence electrons. The Morgan fingerprint density at radius 3 is 2.04 bits per heavy atom. The number of hydrogen-bond donors (Lipinski definition) is 0. The van der Waals surface area contributed by atoms with Crippen LogP contribution in [0.4, 0.5) is 4.79 Å². The van der Waals surface area contributed by atoms with Gasteiger partial charge >= 0.3 is 6.09 Å². The van der Waals surface area contributed by atoms with Crippen LogP contribution < -0.4 is 0 Å². The summed E-state index contributed by atoms with van der Waals surface area (Å²) in [5.41, 5.74) is -0.778. The van der Waals surface area contributed by atoms with Crippen molar-refractivity contribution in [3.63, 3.8) is 0 Å². The number of nitrogens with zero attached hydrogens (tertiary/aromatic N) is 2. The second-order valence-electron chi connectivity index (χ2n) is 8.07. The minimum Gasteiger partial charge on any atom is -0.443 e. The maximum atomic E-state index is 12.6. The third-order valence-corrected chi connectivity index (χ3v) is 4.57. The van der Waals surface area contributed by atoms with Crippen LogP contribution in [0.5, 0.6) is 0 Å². The monoisotopic (exact) mass is 378 g/mol. The Morgan fingerprint density at radius 2 is 1.52 bits per heavy atom. The molecule has 0 aromatic rings. The highest BCUT2D eigenvalue weighted by Gasteiger charge is 2.48. The van der Waals surface area contributed by atoms with Crippen molar-refractivity contribution >= 4 is 23.8 Å². The van der Waals surface area contributed by atoms with Crippen LogP contribution in [0.1, 0.15) is 72.1 Å². The standard InChI is InChI=1S/C20H30N2O5/c1-20(2,3)27-19(26)22-15-14-21(18(15)25)16(23)12-10-8-6-4-5-7-9-11-13-17(22)24/h4-5,15H,6-14H2,1-3H3/b5-4-/t15-/m0/s1.